The standard InChI is InChI=1S/C40H46NO2P/c1-23-17-25(3)35(26(4)18-23)33-21-29-13-9-11-15-31(29)37-38-32-16-12-10-14-30(32)22-34(36-27(5)19-24(2)20-28(36)6)40(38)43-44(41(7)8)42-39(33)37/h17-22H,9-16H2,1-8H3. The van der Waals surface area contributed by atoms with E-state index in [4.69, 9.17) is 8.39 Å². The fourth-order valence-corrected chi connectivity index (χ4v) is 9.46. The summed E-state index contributed by atoms with van der Waals surface area (Å²) in [5.74, 6) is 0. The van der Waals surface area contributed by atoms with Crippen molar-refractivity contribution >= 4 is 30.1 Å². The molecule has 1 aromatic heterocycles. The summed E-state index contributed by atoms with van der Waals surface area (Å²) in [7, 11) is 2.80. The zero-order chi connectivity index (χ0) is 30.9. The maximum Gasteiger partial charge on any atom is 0.309 e. The van der Waals surface area contributed by atoms with E-state index in [1.165, 1.54) is 114 Å². The molecule has 2 aliphatic rings. The first kappa shape index (κ1) is 29.5. The van der Waals surface area contributed by atoms with Gasteiger partial charge in [0, 0.05) is 36.0 Å². The van der Waals surface area contributed by atoms with E-state index in [2.05, 4.69) is 96.7 Å². The van der Waals surface area contributed by atoms with Crippen LogP contribution in [0.15, 0.2) is 44.8 Å². The van der Waals surface area contributed by atoms with Gasteiger partial charge in [0.25, 0.3) is 0 Å². The van der Waals surface area contributed by atoms with Gasteiger partial charge >= 0.3 is 8.16 Å². The third-order valence-corrected chi connectivity index (χ3v) is 11.3. The summed E-state index contributed by atoms with van der Waals surface area (Å²) in [6, 6.07) is 14.3. The van der Waals surface area contributed by atoms with E-state index in [0.717, 1.165) is 36.8 Å². The molecule has 0 saturated heterocycles. The fraction of sp³-hybridized carbons (Fsp3) is 0.400. The normalized spacial score (nSPS) is 14.8. The van der Waals surface area contributed by atoms with Crippen LogP contribution in [-0.2, 0) is 25.7 Å². The Morgan fingerprint density at radius 2 is 0.886 bits per heavy atom. The number of rotatable bonds is 3. The van der Waals surface area contributed by atoms with E-state index in [-0.39, 0.29) is 0 Å². The van der Waals surface area contributed by atoms with Crippen molar-refractivity contribution < 1.29 is 8.39 Å². The Morgan fingerprint density at radius 3 is 1.25 bits per heavy atom. The molecule has 7 rings (SSSR count). The van der Waals surface area contributed by atoms with Gasteiger partial charge in [-0.3, -0.25) is 0 Å². The topological polar surface area (TPSA) is 29.5 Å². The average molecular weight is 604 g/mol. The van der Waals surface area contributed by atoms with Gasteiger partial charge in [0.1, 0.15) is 0 Å². The number of benzene rings is 4. The Bertz CT molecular complexity index is 1830. The van der Waals surface area contributed by atoms with Crippen LogP contribution in [0.1, 0.15) is 81.3 Å². The van der Waals surface area contributed by atoms with Crippen LogP contribution in [0, 0.1) is 41.5 Å². The molecule has 4 heteroatoms. The highest BCUT2D eigenvalue weighted by Crippen LogP contribution is 2.49. The highest BCUT2D eigenvalue weighted by molar-refractivity contribution is 7.38. The van der Waals surface area contributed by atoms with E-state index in [1.807, 2.05) is 0 Å². The zero-order valence-corrected chi connectivity index (χ0v) is 28.7. The highest BCUT2D eigenvalue weighted by atomic mass is 31.1. The van der Waals surface area contributed by atoms with Crippen molar-refractivity contribution in [2.75, 3.05) is 18.8 Å². The summed E-state index contributed by atoms with van der Waals surface area (Å²) in [6.45, 7) is 13.5. The van der Waals surface area contributed by atoms with E-state index in [0.29, 0.717) is 0 Å². The predicted molar refractivity (Wildman–Crippen MR) is 189 cm³/mol. The van der Waals surface area contributed by atoms with Crippen LogP contribution in [0.3, 0.4) is 0 Å². The molecule has 0 bridgehead atoms. The Balaban J connectivity index is 1.77. The van der Waals surface area contributed by atoms with Crippen molar-refractivity contribution in [3.63, 3.8) is 0 Å². The quantitative estimate of drug-likeness (QED) is 0.205. The minimum Gasteiger partial charge on any atom is -0.407 e. The monoisotopic (exact) mass is 603 g/mol. The lowest BCUT2D eigenvalue weighted by Crippen LogP contribution is -2.08. The molecule has 228 valence electrons. The Labute approximate surface area is 263 Å². The first-order valence-electron chi connectivity index (χ1n) is 16.5. The van der Waals surface area contributed by atoms with E-state index in [1.54, 1.807) is 0 Å². The fourth-order valence-electron chi connectivity index (χ4n) is 8.41. The second kappa shape index (κ2) is 11.3. The summed E-state index contributed by atoms with van der Waals surface area (Å²) in [4.78, 5) is 0. The molecular weight excluding hydrogens is 557 g/mol. The van der Waals surface area contributed by atoms with Gasteiger partial charge in [-0.05, 0) is 161 Å². The largest absolute Gasteiger partial charge is 0.407 e. The third kappa shape index (κ3) is 4.84. The number of hydrogen-bond acceptors (Lipinski definition) is 3. The molecule has 2 aliphatic carbocycles. The van der Waals surface area contributed by atoms with Crippen LogP contribution in [0.5, 0.6) is 0 Å². The molecule has 0 N–H and O–H groups in total. The van der Waals surface area contributed by atoms with E-state index in [9.17, 15) is 0 Å². The van der Waals surface area contributed by atoms with Crippen molar-refractivity contribution in [3.8, 4) is 22.3 Å². The number of aryl methyl sites for hydroxylation is 10. The van der Waals surface area contributed by atoms with E-state index >= 15 is 0 Å². The molecule has 0 radical (unpaired) electrons. The third-order valence-electron chi connectivity index (χ3n) is 10.0. The summed E-state index contributed by atoms with van der Waals surface area (Å²) in [5, 5.41) is 2.64. The molecule has 3 nitrogen and oxygen atoms in total. The van der Waals surface area contributed by atoms with Gasteiger partial charge in [-0.25, -0.2) is 4.67 Å². The van der Waals surface area contributed by atoms with Crippen molar-refractivity contribution in [1.29, 1.82) is 0 Å². The molecule has 0 atom stereocenters. The average Bonchev–Trinajstić information content (AvgIpc) is 3.15. The molecule has 0 fully saturated rings. The van der Waals surface area contributed by atoms with Crippen molar-refractivity contribution in [2.24, 2.45) is 0 Å². The minimum absolute atomic E-state index is 1.03. The van der Waals surface area contributed by atoms with Crippen LogP contribution in [0.25, 0.3) is 44.2 Å². The van der Waals surface area contributed by atoms with Crippen LogP contribution in [-0.4, -0.2) is 14.1 Å². The van der Waals surface area contributed by atoms with Crippen molar-refractivity contribution in [3.05, 3.63) is 92.0 Å². The predicted octanol–water partition coefficient (Wildman–Crippen LogP) is 11.4. The molecule has 0 unspecified atom stereocenters. The number of nitrogens with zero attached hydrogens (tertiary/aromatic N) is 1. The summed E-state index contributed by atoms with van der Waals surface area (Å²) >= 11 is 0. The van der Waals surface area contributed by atoms with Crippen LogP contribution in [0.2, 0.25) is 0 Å². The Hall–Kier alpha value is -3.26. The van der Waals surface area contributed by atoms with Gasteiger partial charge in [-0.15, -0.1) is 0 Å². The minimum atomic E-state index is -1.39. The maximum atomic E-state index is 7.22. The van der Waals surface area contributed by atoms with Gasteiger partial charge < -0.3 is 8.39 Å². The van der Waals surface area contributed by atoms with Gasteiger partial charge in [-0.1, -0.05) is 35.4 Å². The number of fused-ring (bicyclic) bond motifs is 7. The van der Waals surface area contributed by atoms with Crippen molar-refractivity contribution in [2.45, 2.75) is 92.9 Å². The Morgan fingerprint density at radius 1 is 0.523 bits per heavy atom. The maximum absolute atomic E-state index is 7.22. The summed E-state index contributed by atoms with van der Waals surface area (Å²) in [5.41, 5.74) is 21.0. The summed E-state index contributed by atoms with van der Waals surface area (Å²) in [6.07, 6.45) is 9.35. The Kier molecular flexibility index (Phi) is 7.54. The molecule has 4 aromatic carbocycles. The van der Waals surface area contributed by atoms with Crippen LogP contribution >= 0.6 is 8.16 Å². The van der Waals surface area contributed by atoms with Gasteiger partial charge in [0.05, 0.1) is 0 Å². The van der Waals surface area contributed by atoms with Gasteiger partial charge in [-0.2, -0.15) is 0 Å². The molecule has 5 aromatic rings. The second-order valence-corrected chi connectivity index (χ2v) is 15.4. The molecule has 44 heavy (non-hydrogen) atoms. The molecule has 0 aliphatic heterocycles. The zero-order valence-electron chi connectivity index (χ0n) is 27.8. The van der Waals surface area contributed by atoms with Gasteiger partial charge in [0.15, 0.2) is 11.2 Å². The molecule has 1 heterocycles. The lowest BCUT2D eigenvalue weighted by molar-refractivity contribution is 0.633. The second-order valence-electron chi connectivity index (χ2n) is 13.8. The SMILES string of the molecule is Cc1cc(C)c(-c2cc3c(c4c2op(N(C)C)oc2c(-c5c(C)cc(C)cc5C)cc5c(c24)CCCC5)CCCC3)c(C)c1. The van der Waals surface area contributed by atoms with Crippen LogP contribution in [0.4, 0.5) is 0 Å². The van der Waals surface area contributed by atoms with Crippen molar-refractivity contribution in [1.82, 2.24) is 0 Å². The first-order chi connectivity index (χ1) is 21.1. The molecule has 0 spiro atoms. The highest BCUT2D eigenvalue weighted by Gasteiger charge is 2.28. The molecule has 0 amide bonds. The summed E-state index contributed by atoms with van der Waals surface area (Å²) < 4.78 is 16.6. The smallest absolute Gasteiger partial charge is 0.309 e. The number of hydrogen-bond donors (Lipinski definition) is 0. The van der Waals surface area contributed by atoms with Gasteiger partial charge in [0.2, 0.25) is 0 Å². The first-order valence-corrected chi connectivity index (χ1v) is 17.6. The molecular formula is C40H46NO2P. The molecule has 0 saturated carbocycles. The lowest BCUT2D eigenvalue weighted by atomic mass is 9.80. The van der Waals surface area contributed by atoms with Crippen LogP contribution < -0.4 is 4.67 Å². The van der Waals surface area contributed by atoms with E-state index < -0.39 is 8.16 Å². The lowest BCUT2D eigenvalue weighted by Gasteiger charge is -2.24.